The summed E-state index contributed by atoms with van der Waals surface area (Å²) in [5, 5.41) is 0. The molecule has 0 heterocycles. The van der Waals surface area contributed by atoms with Crippen molar-refractivity contribution in [1.29, 1.82) is 0 Å². The Bertz CT molecular complexity index is 701. The number of hydrogen-bond acceptors (Lipinski definition) is 6. The molecule has 0 aliphatic carbocycles. The third-order valence-corrected chi connectivity index (χ3v) is 3.53. The van der Waals surface area contributed by atoms with Crippen molar-refractivity contribution in [3.8, 4) is 23.0 Å². The first-order valence-corrected chi connectivity index (χ1v) is 7.82. The van der Waals surface area contributed by atoms with E-state index in [2.05, 4.69) is 0 Å². The monoisotopic (exact) mass is 346 g/mol. The minimum Gasteiger partial charge on any atom is -0.493 e. The Morgan fingerprint density at radius 3 is 2.12 bits per heavy atom. The summed E-state index contributed by atoms with van der Waals surface area (Å²) in [7, 11) is 4.48. The fraction of sp³-hybridized carbons (Fsp3) is 0.316. The van der Waals surface area contributed by atoms with Crippen LogP contribution < -0.4 is 18.9 Å². The molecule has 0 N–H and O–H groups in total. The number of hydrogen-bond donors (Lipinski definition) is 0. The summed E-state index contributed by atoms with van der Waals surface area (Å²) in [6, 6.07) is 10.5. The summed E-state index contributed by atoms with van der Waals surface area (Å²) in [6.07, 6.45) is 0. The van der Waals surface area contributed by atoms with Crippen LogP contribution >= 0.6 is 0 Å². The zero-order valence-corrected chi connectivity index (χ0v) is 14.8. The van der Waals surface area contributed by atoms with Gasteiger partial charge in [-0.2, -0.15) is 0 Å². The largest absolute Gasteiger partial charge is 0.493 e. The fourth-order valence-corrected chi connectivity index (χ4v) is 2.34. The Morgan fingerprint density at radius 2 is 1.56 bits per heavy atom. The van der Waals surface area contributed by atoms with E-state index in [4.69, 9.17) is 23.7 Å². The molecule has 2 aromatic carbocycles. The van der Waals surface area contributed by atoms with Crippen molar-refractivity contribution < 1.29 is 28.5 Å². The third-order valence-electron chi connectivity index (χ3n) is 3.53. The highest BCUT2D eigenvalue weighted by atomic mass is 16.5. The highest BCUT2D eigenvalue weighted by Gasteiger charge is 2.18. The van der Waals surface area contributed by atoms with E-state index < -0.39 is 5.97 Å². The van der Waals surface area contributed by atoms with E-state index in [-0.39, 0.29) is 6.61 Å². The normalized spacial score (nSPS) is 10.1. The van der Waals surface area contributed by atoms with Gasteiger partial charge in [0.05, 0.1) is 33.5 Å². The van der Waals surface area contributed by atoms with Gasteiger partial charge in [0.1, 0.15) is 12.4 Å². The average molecular weight is 346 g/mol. The van der Waals surface area contributed by atoms with E-state index in [1.807, 2.05) is 31.2 Å². The third kappa shape index (κ3) is 4.35. The van der Waals surface area contributed by atoms with E-state index in [0.29, 0.717) is 35.2 Å². The van der Waals surface area contributed by atoms with Crippen molar-refractivity contribution in [3.63, 3.8) is 0 Å². The van der Waals surface area contributed by atoms with Crippen molar-refractivity contribution in [2.24, 2.45) is 0 Å². The molecule has 0 aliphatic rings. The van der Waals surface area contributed by atoms with Gasteiger partial charge in [-0.1, -0.05) is 18.2 Å². The predicted octanol–water partition coefficient (Wildman–Crippen LogP) is 3.47. The second-order valence-corrected chi connectivity index (χ2v) is 5.03. The molecule has 6 nitrogen and oxygen atoms in total. The van der Waals surface area contributed by atoms with Crippen LogP contribution in [0.15, 0.2) is 36.4 Å². The Balaban J connectivity index is 2.19. The number of rotatable bonds is 8. The molecule has 25 heavy (non-hydrogen) atoms. The Morgan fingerprint density at radius 1 is 0.920 bits per heavy atom. The SMILES string of the molecule is CCOc1ccccc1COC(=O)c1cc(OC)c(OC)c(OC)c1. The first-order valence-electron chi connectivity index (χ1n) is 7.82. The molecule has 2 aromatic rings. The second-order valence-electron chi connectivity index (χ2n) is 5.03. The summed E-state index contributed by atoms with van der Waals surface area (Å²) >= 11 is 0. The topological polar surface area (TPSA) is 63.2 Å². The number of benzene rings is 2. The lowest BCUT2D eigenvalue weighted by Gasteiger charge is -2.14. The molecule has 0 saturated carbocycles. The highest BCUT2D eigenvalue weighted by molar-refractivity contribution is 5.91. The van der Waals surface area contributed by atoms with E-state index in [1.54, 1.807) is 12.1 Å². The van der Waals surface area contributed by atoms with Crippen molar-refractivity contribution in [3.05, 3.63) is 47.5 Å². The molecule has 0 aromatic heterocycles. The van der Waals surface area contributed by atoms with Gasteiger partial charge < -0.3 is 23.7 Å². The van der Waals surface area contributed by atoms with E-state index in [0.717, 1.165) is 5.56 Å². The number of ether oxygens (including phenoxy) is 5. The van der Waals surface area contributed by atoms with Gasteiger partial charge in [-0.15, -0.1) is 0 Å². The number of para-hydroxylation sites is 1. The van der Waals surface area contributed by atoms with Gasteiger partial charge in [-0.05, 0) is 25.1 Å². The lowest BCUT2D eigenvalue weighted by atomic mass is 10.1. The molecule has 134 valence electrons. The van der Waals surface area contributed by atoms with Crippen LogP contribution in [0.25, 0.3) is 0 Å². The number of methoxy groups -OCH3 is 3. The van der Waals surface area contributed by atoms with Crippen molar-refractivity contribution in [2.45, 2.75) is 13.5 Å². The molecule has 0 saturated heterocycles. The molecule has 0 amide bonds. The van der Waals surface area contributed by atoms with E-state index in [9.17, 15) is 4.79 Å². The molecule has 0 radical (unpaired) electrons. The molecule has 0 bridgehead atoms. The van der Waals surface area contributed by atoms with Crippen LogP contribution in [0.4, 0.5) is 0 Å². The maximum absolute atomic E-state index is 12.4. The maximum Gasteiger partial charge on any atom is 0.338 e. The van der Waals surface area contributed by atoms with Crippen LogP contribution in [0.3, 0.4) is 0 Å². The van der Waals surface area contributed by atoms with Crippen LogP contribution in [0.1, 0.15) is 22.8 Å². The van der Waals surface area contributed by atoms with Gasteiger partial charge in [0.25, 0.3) is 0 Å². The molecule has 0 fully saturated rings. The fourth-order valence-electron chi connectivity index (χ4n) is 2.34. The minimum absolute atomic E-state index is 0.103. The van der Waals surface area contributed by atoms with Crippen LogP contribution in [0, 0.1) is 0 Å². The molecule has 0 aliphatic heterocycles. The quantitative estimate of drug-likeness (QED) is 0.682. The number of esters is 1. The lowest BCUT2D eigenvalue weighted by Crippen LogP contribution is -2.08. The zero-order valence-electron chi connectivity index (χ0n) is 14.8. The average Bonchev–Trinajstić information content (AvgIpc) is 2.65. The minimum atomic E-state index is -0.495. The van der Waals surface area contributed by atoms with Crippen LogP contribution in [0.2, 0.25) is 0 Å². The highest BCUT2D eigenvalue weighted by Crippen LogP contribution is 2.38. The van der Waals surface area contributed by atoms with E-state index >= 15 is 0 Å². The molecule has 2 rings (SSSR count). The molecule has 6 heteroatoms. The Kier molecular flexibility index (Phi) is 6.51. The summed E-state index contributed by atoms with van der Waals surface area (Å²) < 4.78 is 26.7. The van der Waals surface area contributed by atoms with Crippen molar-refractivity contribution in [1.82, 2.24) is 0 Å². The summed E-state index contributed by atoms with van der Waals surface area (Å²) in [5.41, 5.74) is 1.11. The van der Waals surface area contributed by atoms with E-state index in [1.165, 1.54) is 21.3 Å². The van der Waals surface area contributed by atoms with Crippen LogP contribution in [-0.2, 0) is 11.3 Å². The first kappa shape index (κ1) is 18.4. The molecular formula is C19H22O6. The van der Waals surface area contributed by atoms with Crippen molar-refractivity contribution in [2.75, 3.05) is 27.9 Å². The van der Waals surface area contributed by atoms with Gasteiger partial charge in [0, 0.05) is 5.56 Å². The molecule has 0 spiro atoms. The lowest BCUT2D eigenvalue weighted by molar-refractivity contribution is 0.0468. The van der Waals surface area contributed by atoms with Gasteiger partial charge in [-0.25, -0.2) is 4.79 Å². The maximum atomic E-state index is 12.4. The molecular weight excluding hydrogens is 324 g/mol. The molecule has 0 atom stereocenters. The van der Waals surface area contributed by atoms with Crippen LogP contribution in [-0.4, -0.2) is 33.9 Å². The standard InChI is InChI=1S/C19H22O6/c1-5-24-15-9-7-6-8-13(15)12-25-19(20)14-10-16(21-2)18(23-4)17(11-14)22-3/h6-11H,5,12H2,1-4H3. The first-order chi connectivity index (χ1) is 12.1. The van der Waals surface area contributed by atoms with Crippen molar-refractivity contribution >= 4 is 5.97 Å². The predicted molar refractivity (Wildman–Crippen MR) is 92.8 cm³/mol. The number of carbonyl (C=O) groups excluding carboxylic acids is 1. The van der Waals surface area contributed by atoms with Crippen LogP contribution in [0.5, 0.6) is 23.0 Å². The second kappa shape index (κ2) is 8.82. The Labute approximate surface area is 147 Å². The Hall–Kier alpha value is -2.89. The zero-order chi connectivity index (χ0) is 18.2. The summed E-state index contributed by atoms with van der Waals surface area (Å²) in [4.78, 5) is 12.4. The van der Waals surface area contributed by atoms with Gasteiger partial charge in [-0.3, -0.25) is 0 Å². The molecule has 0 unspecified atom stereocenters. The smallest absolute Gasteiger partial charge is 0.338 e. The van der Waals surface area contributed by atoms with Gasteiger partial charge in [0.15, 0.2) is 11.5 Å². The van der Waals surface area contributed by atoms with Gasteiger partial charge >= 0.3 is 5.97 Å². The summed E-state index contributed by atoms with van der Waals surface area (Å²) in [6.45, 7) is 2.54. The summed E-state index contributed by atoms with van der Waals surface area (Å²) in [5.74, 6) is 1.41. The number of carbonyl (C=O) groups is 1. The van der Waals surface area contributed by atoms with Gasteiger partial charge in [0.2, 0.25) is 5.75 Å².